The highest BCUT2D eigenvalue weighted by Crippen LogP contribution is 2.21. The van der Waals surface area contributed by atoms with Crippen LogP contribution in [-0.4, -0.2) is 38.3 Å². The summed E-state index contributed by atoms with van der Waals surface area (Å²) >= 11 is 0. The highest BCUT2D eigenvalue weighted by atomic mass is 16.5. The smallest absolute Gasteiger partial charge is 0.261 e. The number of nitriles is 1. The van der Waals surface area contributed by atoms with Crippen LogP contribution in [0.15, 0.2) is 48.5 Å². The summed E-state index contributed by atoms with van der Waals surface area (Å²) in [6, 6.07) is 16.9. The van der Waals surface area contributed by atoms with Gasteiger partial charge in [0.15, 0.2) is 6.10 Å². The van der Waals surface area contributed by atoms with Gasteiger partial charge in [0, 0.05) is 25.3 Å². The Morgan fingerprint density at radius 2 is 2.04 bits per heavy atom. The molecule has 1 amide bonds. The molecule has 0 radical (unpaired) electrons. The van der Waals surface area contributed by atoms with Crippen LogP contribution in [0.4, 0.5) is 5.69 Å². The van der Waals surface area contributed by atoms with Crippen molar-refractivity contribution in [3.8, 4) is 11.8 Å². The molecule has 3 rings (SSSR count). The third-order valence-electron chi connectivity index (χ3n) is 4.44. The lowest BCUT2D eigenvalue weighted by Gasteiger charge is -2.30. The molecule has 1 aliphatic rings. The second-order valence-electron chi connectivity index (χ2n) is 6.35. The number of anilines is 1. The molecule has 1 fully saturated rings. The summed E-state index contributed by atoms with van der Waals surface area (Å²) in [7, 11) is 0. The Morgan fingerprint density at radius 3 is 2.81 bits per heavy atom. The molecule has 6 heteroatoms. The summed E-state index contributed by atoms with van der Waals surface area (Å²) in [4.78, 5) is 14.7. The van der Waals surface area contributed by atoms with Gasteiger partial charge in [-0.15, -0.1) is 0 Å². The molecular weight excluding hydrogens is 342 g/mol. The Kier molecular flexibility index (Phi) is 6.29. The molecule has 0 aromatic heterocycles. The Hall–Kier alpha value is -3.04. The molecular formula is C21H23N3O3. The van der Waals surface area contributed by atoms with Crippen molar-refractivity contribution in [1.29, 1.82) is 5.26 Å². The average molecular weight is 365 g/mol. The minimum Gasteiger partial charge on any atom is -0.481 e. The SMILES string of the molecule is CC(Oc1cccc(C#N)c1)C(=O)NCc1ccccc1N1CCOCC1. The third-order valence-corrected chi connectivity index (χ3v) is 4.44. The van der Waals surface area contributed by atoms with E-state index in [1.165, 1.54) is 0 Å². The van der Waals surface area contributed by atoms with E-state index < -0.39 is 6.10 Å². The van der Waals surface area contributed by atoms with Gasteiger partial charge in [-0.1, -0.05) is 24.3 Å². The monoisotopic (exact) mass is 365 g/mol. The fraction of sp³-hybridized carbons (Fsp3) is 0.333. The maximum absolute atomic E-state index is 12.4. The Labute approximate surface area is 159 Å². The molecule has 1 aliphatic heterocycles. The molecule has 0 spiro atoms. The maximum atomic E-state index is 12.4. The van der Waals surface area contributed by atoms with Crippen molar-refractivity contribution in [2.45, 2.75) is 19.6 Å². The van der Waals surface area contributed by atoms with Crippen molar-refractivity contribution in [2.75, 3.05) is 31.2 Å². The number of amides is 1. The Morgan fingerprint density at radius 1 is 1.26 bits per heavy atom. The summed E-state index contributed by atoms with van der Waals surface area (Å²) in [6.45, 7) is 5.25. The van der Waals surface area contributed by atoms with Crippen molar-refractivity contribution in [3.63, 3.8) is 0 Å². The van der Waals surface area contributed by atoms with Crippen molar-refractivity contribution in [1.82, 2.24) is 5.32 Å². The van der Waals surface area contributed by atoms with Crippen LogP contribution in [0.25, 0.3) is 0 Å². The van der Waals surface area contributed by atoms with E-state index in [0.717, 1.165) is 24.3 Å². The Bertz CT molecular complexity index is 825. The Balaban J connectivity index is 1.59. The molecule has 1 saturated heterocycles. The van der Waals surface area contributed by atoms with E-state index in [-0.39, 0.29) is 5.91 Å². The van der Waals surface area contributed by atoms with E-state index in [0.29, 0.717) is 31.1 Å². The summed E-state index contributed by atoms with van der Waals surface area (Å²) in [5.74, 6) is 0.305. The van der Waals surface area contributed by atoms with Gasteiger partial charge in [0.1, 0.15) is 5.75 Å². The number of nitrogens with one attached hydrogen (secondary N) is 1. The van der Waals surface area contributed by atoms with Crippen LogP contribution < -0.4 is 15.0 Å². The molecule has 6 nitrogen and oxygen atoms in total. The maximum Gasteiger partial charge on any atom is 0.261 e. The number of carbonyl (C=O) groups excluding carboxylic acids is 1. The summed E-state index contributed by atoms with van der Waals surface area (Å²) < 4.78 is 11.1. The first-order valence-electron chi connectivity index (χ1n) is 9.02. The number of ether oxygens (including phenoxy) is 2. The molecule has 1 atom stereocenters. The molecule has 0 saturated carbocycles. The lowest BCUT2D eigenvalue weighted by molar-refractivity contribution is -0.127. The van der Waals surface area contributed by atoms with Crippen LogP contribution in [0.1, 0.15) is 18.1 Å². The fourth-order valence-corrected chi connectivity index (χ4v) is 3.00. The highest BCUT2D eigenvalue weighted by Gasteiger charge is 2.17. The first-order valence-corrected chi connectivity index (χ1v) is 9.02. The van der Waals surface area contributed by atoms with E-state index in [1.807, 2.05) is 18.2 Å². The zero-order valence-electron chi connectivity index (χ0n) is 15.4. The summed E-state index contributed by atoms with van der Waals surface area (Å²) in [6.07, 6.45) is -0.658. The van der Waals surface area contributed by atoms with Crippen molar-refractivity contribution in [3.05, 3.63) is 59.7 Å². The molecule has 140 valence electrons. The largest absolute Gasteiger partial charge is 0.481 e. The van der Waals surface area contributed by atoms with Gasteiger partial charge < -0.3 is 19.7 Å². The number of para-hydroxylation sites is 1. The average Bonchev–Trinajstić information content (AvgIpc) is 2.73. The van der Waals surface area contributed by atoms with Crippen LogP contribution >= 0.6 is 0 Å². The topological polar surface area (TPSA) is 74.6 Å². The second-order valence-corrected chi connectivity index (χ2v) is 6.35. The lowest BCUT2D eigenvalue weighted by Crippen LogP contribution is -2.38. The predicted octanol–water partition coefficient (Wildman–Crippen LogP) is 2.48. The van der Waals surface area contributed by atoms with Crippen LogP contribution in [0, 0.1) is 11.3 Å². The normalized spacial score (nSPS) is 14.9. The van der Waals surface area contributed by atoms with Crippen molar-refractivity contribution < 1.29 is 14.3 Å². The zero-order chi connectivity index (χ0) is 19.1. The highest BCUT2D eigenvalue weighted by molar-refractivity contribution is 5.80. The van der Waals surface area contributed by atoms with E-state index in [4.69, 9.17) is 14.7 Å². The molecule has 1 unspecified atom stereocenters. The third kappa shape index (κ3) is 4.99. The first kappa shape index (κ1) is 18.7. The van der Waals surface area contributed by atoms with Crippen LogP contribution in [-0.2, 0) is 16.1 Å². The molecule has 0 aliphatic carbocycles. The van der Waals surface area contributed by atoms with Crippen molar-refractivity contribution >= 4 is 11.6 Å². The number of carbonyl (C=O) groups is 1. The van der Waals surface area contributed by atoms with Gasteiger partial charge in [-0.25, -0.2) is 0 Å². The van der Waals surface area contributed by atoms with Gasteiger partial charge in [-0.2, -0.15) is 5.26 Å². The zero-order valence-corrected chi connectivity index (χ0v) is 15.4. The van der Waals surface area contributed by atoms with Crippen LogP contribution in [0.3, 0.4) is 0 Å². The van der Waals surface area contributed by atoms with E-state index in [1.54, 1.807) is 31.2 Å². The van der Waals surface area contributed by atoms with E-state index in [9.17, 15) is 4.79 Å². The molecule has 1 N–H and O–H groups in total. The predicted molar refractivity (Wildman–Crippen MR) is 103 cm³/mol. The summed E-state index contributed by atoms with van der Waals surface area (Å²) in [5.41, 5.74) is 2.68. The molecule has 27 heavy (non-hydrogen) atoms. The number of hydrogen-bond donors (Lipinski definition) is 1. The van der Waals surface area contributed by atoms with Gasteiger partial charge in [-0.05, 0) is 36.8 Å². The molecule has 2 aromatic rings. The minimum atomic E-state index is -0.658. The number of rotatable bonds is 6. The molecule has 0 bridgehead atoms. The lowest BCUT2D eigenvalue weighted by atomic mass is 10.1. The fourth-order valence-electron chi connectivity index (χ4n) is 3.00. The number of morpholine rings is 1. The molecule has 2 aromatic carbocycles. The quantitative estimate of drug-likeness (QED) is 0.851. The van der Waals surface area contributed by atoms with E-state index in [2.05, 4.69) is 22.4 Å². The molecule has 1 heterocycles. The second kappa shape index (κ2) is 9.06. The minimum absolute atomic E-state index is 0.200. The van der Waals surface area contributed by atoms with Gasteiger partial charge in [0.25, 0.3) is 5.91 Å². The standard InChI is InChI=1S/C21H23N3O3/c1-16(27-19-7-4-5-17(13-19)14-22)21(25)23-15-18-6-2-3-8-20(18)24-9-11-26-12-10-24/h2-8,13,16H,9-12,15H2,1H3,(H,23,25). The number of benzene rings is 2. The number of nitrogens with zero attached hydrogens (tertiary/aromatic N) is 2. The van der Waals surface area contributed by atoms with Gasteiger partial charge in [-0.3, -0.25) is 4.79 Å². The van der Waals surface area contributed by atoms with Crippen LogP contribution in [0.5, 0.6) is 5.75 Å². The van der Waals surface area contributed by atoms with Crippen molar-refractivity contribution in [2.24, 2.45) is 0 Å². The van der Waals surface area contributed by atoms with Gasteiger partial charge in [0.05, 0.1) is 24.8 Å². The van der Waals surface area contributed by atoms with Gasteiger partial charge in [0.2, 0.25) is 0 Å². The van der Waals surface area contributed by atoms with Crippen LogP contribution in [0.2, 0.25) is 0 Å². The van der Waals surface area contributed by atoms with E-state index >= 15 is 0 Å². The van der Waals surface area contributed by atoms with Gasteiger partial charge >= 0.3 is 0 Å². The first-order chi connectivity index (χ1) is 13.2. The number of hydrogen-bond acceptors (Lipinski definition) is 5. The summed E-state index contributed by atoms with van der Waals surface area (Å²) in [5, 5.41) is 11.9.